The van der Waals surface area contributed by atoms with Crippen LogP contribution >= 0.6 is 11.8 Å². The van der Waals surface area contributed by atoms with Gasteiger partial charge in [-0.1, -0.05) is 36.9 Å². The number of anilines is 1. The number of carbonyl (C=O) groups excluding carboxylic acids is 1. The van der Waals surface area contributed by atoms with E-state index in [4.69, 9.17) is 4.74 Å². The first-order valence-electron chi connectivity index (χ1n) is 8.88. The maximum absolute atomic E-state index is 14.6. The van der Waals surface area contributed by atoms with Crippen molar-refractivity contribution in [2.45, 2.75) is 25.2 Å². The molecule has 0 saturated carbocycles. The molecule has 0 fully saturated rings. The molecule has 2 aromatic carbocycles. The summed E-state index contributed by atoms with van der Waals surface area (Å²) in [5.74, 6) is -1.07. The molecule has 3 aromatic rings. The van der Waals surface area contributed by atoms with Gasteiger partial charge in [-0.15, -0.1) is 10.2 Å². The second kappa shape index (κ2) is 7.75. The number of hydrogen-bond acceptors (Lipinski definition) is 6. The number of carbonyl (C=O) groups is 1. The molecule has 0 aliphatic carbocycles. The quantitative estimate of drug-likeness (QED) is 0.593. The van der Waals surface area contributed by atoms with Crippen molar-refractivity contribution in [1.82, 2.24) is 15.2 Å². The van der Waals surface area contributed by atoms with Crippen LogP contribution in [0.1, 0.15) is 25.6 Å². The summed E-state index contributed by atoms with van der Waals surface area (Å²) in [6.07, 6.45) is -1.19. The lowest BCUT2D eigenvalue weighted by atomic mass is 10.1. The number of hydrogen-bond donors (Lipinski definition) is 0. The van der Waals surface area contributed by atoms with Gasteiger partial charge in [0.25, 0.3) is 0 Å². The van der Waals surface area contributed by atoms with E-state index in [0.29, 0.717) is 22.1 Å². The largest absolute Gasteiger partial charge is 0.447 e. The molecule has 1 amide bonds. The molecule has 2 heterocycles. The number of benzene rings is 2. The van der Waals surface area contributed by atoms with E-state index in [1.807, 2.05) is 6.92 Å². The van der Waals surface area contributed by atoms with E-state index in [9.17, 15) is 13.6 Å². The van der Waals surface area contributed by atoms with Gasteiger partial charge in [0.05, 0.1) is 5.69 Å². The van der Waals surface area contributed by atoms with Crippen molar-refractivity contribution in [2.24, 2.45) is 0 Å². The summed E-state index contributed by atoms with van der Waals surface area (Å²) >= 11 is 1.38. The molecule has 9 heteroatoms. The van der Waals surface area contributed by atoms with E-state index in [1.54, 1.807) is 24.3 Å². The molecule has 1 aliphatic rings. The van der Waals surface area contributed by atoms with Gasteiger partial charge < -0.3 is 4.74 Å². The standard InChI is InChI=1S/C20H16F2N4O2S/c1-3-29-20-23-18-17(24-25-20)14-6-4-5-7-16(14)26(11(2)27)19(28-18)13-9-8-12(21)10-15(13)22/h4-10,19H,3H2,1-2H3/t19-/m0/s1. The smallest absolute Gasteiger partial charge is 0.247 e. The van der Waals surface area contributed by atoms with Gasteiger partial charge in [-0.25, -0.2) is 8.78 Å². The van der Waals surface area contributed by atoms with Crippen LogP contribution < -0.4 is 9.64 Å². The fraction of sp³-hybridized carbons (Fsp3) is 0.200. The highest BCUT2D eigenvalue weighted by atomic mass is 32.2. The Hall–Kier alpha value is -3.07. The number of amides is 1. The highest BCUT2D eigenvalue weighted by Gasteiger charge is 2.35. The van der Waals surface area contributed by atoms with E-state index in [0.717, 1.165) is 17.9 Å². The number of halogens is 2. The minimum atomic E-state index is -1.19. The van der Waals surface area contributed by atoms with Crippen molar-refractivity contribution in [1.29, 1.82) is 0 Å². The molecule has 0 unspecified atom stereocenters. The molecule has 1 atom stereocenters. The van der Waals surface area contributed by atoms with Gasteiger partial charge in [-0.05, 0) is 24.0 Å². The number of ether oxygens (including phenoxy) is 1. The minimum absolute atomic E-state index is 0.00700. The van der Waals surface area contributed by atoms with Crippen molar-refractivity contribution < 1.29 is 18.3 Å². The topological polar surface area (TPSA) is 68.2 Å². The van der Waals surface area contributed by atoms with Crippen LogP contribution in [-0.2, 0) is 4.79 Å². The molecule has 1 aromatic heterocycles. The van der Waals surface area contributed by atoms with Gasteiger partial charge in [0.15, 0.2) is 5.69 Å². The monoisotopic (exact) mass is 414 g/mol. The van der Waals surface area contributed by atoms with Gasteiger partial charge in [-0.2, -0.15) is 4.98 Å². The van der Waals surface area contributed by atoms with Crippen LogP contribution in [0.15, 0.2) is 47.6 Å². The second-order valence-corrected chi connectivity index (χ2v) is 7.45. The van der Waals surface area contributed by atoms with Crippen LogP contribution in [0.3, 0.4) is 0 Å². The van der Waals surface area contributed by atoms with E-state index in [1.165, 1.54) is 29.7 Å². The van der Waals surface area contributed by atoms with Crippen LogP contribution in [-0.4, -0.2) is 26.8 Å². The third-order valence-corrected chi connectivity index (χ3v) is 5.07. The first-order valence-corrected chi connectivity index (χ1v) is 9.86. The van der Waals surface area contributed by atoms with Crippen molar-refractivity contribution in [3.8, 4) is 17.1 Å². The predicted molar refractivity (Wildman–Crippen MR) is 105 cm³/mol. The maximum atomic E-state index is 14.6. The van der Waals surface area contributed by atoms with E-state index < -0.39 is 17.9 Å². The van der Waals surface area contributed by atoms with Crippen molar-refractivity contribution >= 4 is 23.4 Å². The van der Waals surface area contributed by atoms with Crippen molar-refractivity contribution in [3.05, 3.63) is 59.7 Å². The Kier molecular flexibility index (Phi) is 5.14. The first-order chi connectivity index (χ1) is 14.0. The number of fused-ring (bicyclic) bond motifs is 3. The zero-order chi connectivity index (χ0) is 20.5. The fourth-order valence-corrected chi connectivity index (χ4v) is 3.65. The SMILES string of the molecule is CCSc1nnc2c(n1)O[C@@H](c1ccc(F)cc1F)N(C(C)=O)c1ccccc1-2. The summed E-state index contributed by atoms with van der Waals surface area (Å²) in [6, 6.07) is 10.1. The lowest BCUT2D eigenvalue weighted by molar-refractivity contribution is -0.118. The van der Waals surface area contributed by atoms with E-state index in [2.05, 4.69) is 15.2 Å². The molecule has 0 N–H and O–H groups in total. The maximum Gasteiger partial charge on any atom is 0.247 e. The summed E-state index contributed by atoms with van der Waals surface area (Å²) in [5.41, 5.74) is 1.40. The summed E-state index contributed by atoms with van der Waals surface area (Å²) in [4.78, 5) is 18.3. The molecular weight excluding hydrogens is 398 g/mol. The zero-order valence-corrected chi connectivity index (χ0v) is 16.4. The molecule has 29 heavy (non-hydrogen) atoms. The molecule has 0 radical (unpaired) electrons. The average Bonchev–Trinajstić information content (AvgIpc) is 2.82. The number of thioether (sulfide) groups is 1. The molecule has 0 bridgehead atoms. The molecule has 6 nitrogen and oxygen atoms in total. The zero-order valence-electron chi connectivity index (χ0n) is 15.6. The summed E-state index contributed by atoms with van der Waals surface area (Å²) in [7, 11) is 0. The fourth-order valence-electron chi connectivity index (χ4n) is 3.15. The Morgan fingerprint density at radius 3 is 2.72 bits per heavy atom. The Bertz CT molecular complexity index is 1100. The predicted octanol–water partition coefficient (Wildman–Crippen LogP) is 4.37. The van der Waals surface area contributed by atoms with Gasteiger partial charge in [0.2, 0.25) is 23.2 Å². The van der Waals surface area contributed by atoms with Crippen molar-refractivity contribution in [3.63, 3.8) is 0 Å². The van der Waals surface area contributed by atoms with E-state index >= 15 is 0 Å². The van der Waals surface area contributed by atoms with Gasteiger partial charge in [0.1, 0.15) is 11.6 Å². The minimum Gasteiger partial charge on any atom is -0.447 e. The van der Waals surface area contributed by atoms with Crippen LogP contribution in [0, 0.1) is 11.6 Å². The van der Waals surface area contributed by atoms with Crippen LogP contribution in [0.2, 0.25) is 0 Å². The Balaban J connectivity index is 1.96. The summed E-state index contributed by atoms with van der Waals surface area (Å²) < 4.78 is 34.1. The number of aromatic nitrogens is 3. The first kappa shape index (κ1) is 19.3. The Morgan fingerprint density at radius 2 is 2.00 bits per heavy atom. The molecule has 148 valence electrons. The molecule has 0 saturated heterocycles. The lowest BCUT2D eigenvalue weighted by Crippen LogP contribution is -2.36. The van der Waals surface area contributed by atoms with Gasteiger partial charge >= 0.3 is 0 Å². The average molecular weight is 414 g/mol. The Morgan fingerprint density at radius 1 is 1.21 bits per heavy atom. The number of nitrogens with zero attached hydrogens (tertiary/aromatic N) is 4. The summed E-state index contributed by atoms with van der Waals surface area (Å²) in [6.45, 7) is 3.30. The molecule has 1 aliphatic heterocycles. The normalized spacial score (nSPS) is 15.2. The summed E-state index contributed by atoms with van der Waals surface area (Å²) in [5, 5.41) is 8.76. The van der Waals surface area contributed by atoms with Crippen molar-refractivity contribution in [2.75, 3.05) is 10.7 Å². The number of para-hydroxylation sites is 1. The highest BCUT2D eigenvalue weighted by molar-refractivity contribution is 7.99. The Labute approximate surface area is 169 Å². The van der Waals surface area contributed by atoms with Gasteiger partial charge in [0, 0.05) is 24.1 Å². The van der Waals surface area contributed by atoms with Gasteiger partial charge in [-0.3, -0.25) is 9.69 Å². The van der Waals surface area contributed by atoms with Crippen LogP contribution in [0.25, 0.3) is 11.3 Å². The van der Waals surface area contributed by atoms with Crippen LogP contribution in [0.4, 0.5) is 14.5 Å². The lowest BCUT2D eigenvalue weighted by Gasteiger charge is -2.30. The van der Waals surface area contributed by atoms with Crippen LogP contribution in [0.5, 0.6) is 5.88 Å². The number of rotatable bonds is 3. The highest BCUT2D eigenvalue weighted by Crippen LogP contribution is 2.43. The molecule has 0 spiro atoms. The molecule has 4 rings (SSSR count). The molecular formula is C20H16F2N4O2S. The third kappa shape index (κ3) is 3.53. The van der Waals surface area contributed by atoms with E-state index in [-0.39, 0.29) is 17.4 Å². The second-order valence-electron chi connectivity index (χ2n) is 6.22. The third-order valence-electron chi connectivity index (χ3n) is 4.35.